The van der Waals surface area contributed by atoms with E-state index in [0.29, 0.717) is 9.79 Å². The Morgan fingerprint density at radius 1 is 0.708 bits per heavy atom. The monoisotopic (exact) mass is 346 g/mol. The topological polar surface area (TPSA) is 63.5 Å². The summed E-state index contributed by atoms with van der Waals surface area (Å²) in [7, 11) is 0. The van der Waals surface area contributed by atoms with Gasteiger partial charge in [-0.25, -0.2) is 0 Å². The second-order valence-corrected chi connectivity index (χ2v) is 9.61. The van der Waals surface area contributed by atoms with Crippen LogP contribution in [0.1, 0.15) is 52.7 Å². The van der Waals surface area contributed by atoms with Gasteiger partial charge in [0.25, 0.3) is 0 Å². The van der Waals surface area contributed by atoms with Gasteiger partial charge in [-0.05, 0) is 35.1 Å². The van der Waals surface area contributed by atoms with Crippen LogP contribution in [0, 0.1) is 0 Å². The normalized spacial score (nSPS) is 12.7. The molecule has 2 N–H and O–H groups in total. The standard InChI is InChI=1S/C20H26O3S/c1-19(2,3)15-11-13(7-9-17(15)21)24(23)14-8-10-18(22)16(12-14)20(4,5)6/h7-12,21-22H,1-6H3. The fourth-order valence-corrected chi connectivity index (χ4v) is 3.70. The Kier molecular flexibility index (Phi) is 4.93. The zero-order chi connectivity index (χ0) is 18.3. The Hall–Kier alpha value is -1.65. The lowest BCUT2D eigenvalue weighted by Crippen LogP contribution is -2.14. The van der Waals surface area contributed by atoms with Crippen LogP contribution in [0.5, 0.6) is 11.5 Å². The van der Waals surface area contributed by atoms with Gasteiger partial charge in [0.2, 0.25) is 0 Å². The molecule has 0 amide bonds. The highest BCUT2D eigenvalue weighted by atomic mass is 32.2. The van der Waals surface area contributed by atoms with E-state index in [0.717, 1.165) is 11.1 Å². The van der Waals surface area contributed by atoms with E-state index in [1.807, 2.05) is 41.5 Å². The number of phenols is 2. The molecule has 0 unspecified atom stereocenters. The first-order chi connectivity index (χ1) is 10.9. The molecule has 0 heterocycles. The summed E-state index contributed by atoms with van der Waals surface area (Å²) in [6.45, 7) is 12.0. The first-order valence-corrected chi connectivity index (χ1v) is 9.15. The summed E-state index contributed by atoms with van der Waals surface area (Å²) in [6.07, 6.45) is 0. The Morgan fingerprint density at radius 2 is 1.04 bits per heavy atom. The Bertz CT molecular complexity index is 676. The van der Waals surface area contributed by atoms with Crippen LogP contribution < -0.4 is 0 Å². The van der Waals surface area contributed by atoms with Gasteiger partial charge in [-0.2, -0.15) is 0 Å². The molecule has 0 atom stereocenters. The van der Waals surface area contributed by atoms with E-state index < -0.39 is 11.2 Å². The van der Waals surface area contributed by atoms with Gasteiger partial charge in [0.05, 0.1) is 0 Å². The van der Waals surface area contributed by atoms with Crippen molar-refractivity contribution in [2.24, 2.45) is 0 Å². The summed E-state index contributed by atoms with van der Waals surface area (Å²) in [5.74, 6) is 0.425. The predicted molar refractivity (Wildman–Crippen MR) is 98.3 cm³/mol. The minimum Gasteiger partial charge on any atom is -0.606 e. The van der Waals surface area contributed by atoms with Gasteiger partial charge in [0.15, 0.2) is 9.79 Å². The van der Waals surface area contributed by atoms with Crippen LogP contribution in [0.2, 0.25) is 0 Å². The molecule has 24 heavy (non-hydrogen) atoms. The lowest BCUT2D eigenvalue weighted by Gasteiger charge is -2.23. The van der Waals surface area contributed by atoms with Crippen LogP contribution in [0.3, 0.4) is 0 Å². The molecule has 0 aliphatic heterocycles. The summed E-state index contributed by atoms with van der Waals surface area (Å²) in [5, 5.41) is 20.2. The fourth-order valence-electron chi connectivity index (χ4n) is 2.60. The molecule has 0 aliphatic rings. The molecule has 130 valence electrons. The summed E-state index contributed by atoms with van der Waals surface area (Å²) in [6, 6.07) is 10.2. The van der Waals surface area contributed by atoms with Crippen molar-refractivity contribution in [2.45, 2.75) is 62.2 Å². The molecule has 2 aromatic carbocycles. The molecule has 0 saturated carbocycles. The van der Waals surface area contributed by atoms with E-state index in [9.17, 15) is 14.8 Å². The Labute approximate surface area is 147 Å². The van der Waals surface area contributed by atoms with Crippen molar-refractivity contribution in [3.8, 4) is 11.5 Å². The van der Waals surface area contributed by atoms with Gasteiger partial charge in [0, 0.05) is 34.4 Å². The van der Waals surface area contributed by atoms with Crippen molar-refractivity contribution in [1.29, 1.82) is 0 Å². The van der Waals surface area contributed by atoms with Crippen LogP contribution in [-0.2, 0) is 22.0 Å². The number of hydrogen-bond donors (Lipinski definition) is 2. The molecule has 0 fully saturated rings. The van der Waals surface area contributed by atoms with Crippen LogP contribution in [0.25, 0.3) is 0 Å². The highest BCUT2D eigenvalue weighted by Crippen LogP contribution is 2.36. The van der Waals surface area contributed by atoms with Crippen molar-refractivity contribution in [2.75, 3.05) is 0 Å². The van der Waals surface area contributed by atoms with Gasteiger partial charge in [0.1, 0.15) is 11.5 Å². The van der Waals surface area contributed by atoms with Crippen molar-refractivity contribution in [1.82, 2.24) is 0 Å². The number of aromatic hydroxyl groups is 2. The van der Waals surface area contributed by atoms with Crippen molar-refractivity contribution in [3.63, 3.8) is 0 Å². The zero-order valence-corrected chi connectivity index (χ0v) is 16.0. The second-order valence-electron chi connectivity index (χ2n) is 8.13. The minimum atomic E-state index is -1.38. The average Bonchev–Trinajstić information content (AvgIpc) is 2.45. The average molecular weight is 346 g/mol. The first-order valence-electron chi connectivity index (χ1n) is 8.00. The number of rotatable bonds is 2. The third kappa shape index (κ3) is 3.87. The summed E-state index contributed by atoms with van der Waals surface area (Å²) < 4.78 is 13.0. The molecule has 0 saturated heterocycles. The summed E-state index contributed by atoms with van der Waals surface area (Å²) in [5.41, 5.74) is 1.05. The van der Waals surface area contributed by atoms with Gasteiger partial charge in [-0.3, -0.25) is 0 Å². The van der Waals surface area contributed by atoms with E-state index in [-0.39, 0.29) is 22.3 Å². The third-order valence-electron chi connectivity index (χ3n) is 3.98. The highest BCUT2D eigenvalue weighted by Gasteiger charge is 2.25. The SMILES string of the molecule is CC(C)(C)c1cc([S+]([O-])c2ccc(O)c(C(C)(C)C)c2)ccc1O. The van der Waals surface area contributed by atoms with Crippen LogP contribution in [0.15, 0.2) is 46.2 Å². The Balaban J connectivity index is 2.48. The molecular formula is C20H26O3S. The quantitative estimate of drug-likeness (QED) is 0.763. The van der Waals surface area contributed by atoms with E-state index in [2.05, 4.69) is 0 Å². The molecule has 2 rings (SSSR count). The predicted octanol–water partition coefficient (Wildman–Crippen LogP) is 4.86. The Morgan fingerprint density at radius 3 is 1.33 bits per heavy atom. The molecule has 0 aromatic heterocycles. The fraction of sp³-hybridized carbons (Fsp3) is 0.400. The maximum atomic E-state index is 13.0. The first kappa shape index (κ1) is 18.7. The highest BCUT2D eigenvalue weighted by molar-refractivity contribution is 7.91. The van der Waals surface area contributed by atoms with Crippen molar-refractivity contribution >= 4 is 11.2 Å². The molecule has 0 aliphatic carbocycles. The van der Waals surface area contributed by atoms with E-state index in [4.69, 9.17) is 0 Å². The van der Waals surface area contributed by atoms with Gasteiger partial charge in [-0.1, -0.05) is 41.5 Å². The van der Waals surface area contributed by atoms with E-state index >= 15 is 0 Å². The number of benzene rings is 2. The van der Waals surface area contributed by atoms with E-state index in [1.54, 1.807) is 36.4 Å². The van der Waals surface area contributed by atoms with Crippen molar-refractivity contribution < 1.29 is 14.8 Å². The summed E-state index contributed by atoms with van der Waals surface area (Å²) >= 11 is -1.38. The van der Waals surface area contributed by atoms with Crippen molar-refractivity contribution in [3.05, 3.63) is 47.5 Å². The molecule has 3 nitrogen and oxygen atoms in total. The van der Waals surface area contributed by atoms with Gasteiger partial charge in [-0.15, -0.1) is 0 Å². The van der Waals surface area contributed by atoms with Crippen LogP contribution >= 0.6 is 0 Å². The maximum Gasteiger partial charge on any atom is 0.159 e. The lowest BCUT2D eigenvalue weighted by atomic mass is 9.86. The minimum absolute atomic E-state index is 0.212. The number of hydrogen-bond acceptors (Lipinski definition) is 3. The summed E-state index contributed by atoms with van der Waals surface area (Å²) in [4.78, 5) is 1.28. The third-order valence-corrected chi connectivity index (χ3v) is 5.34. The van der Waals surface area contributed by atoms with E-state index in [1.165, 1.54) is 0 Å². The molecule has 0 spiro atoms. The molecule has 0 radical (unpaired) electrons. The van der Waals surface area contributed by atoms with Gasteiger partial charge >= 0.3 is 0 Å². The molecule has 4 heteroatoms. The molecule has 2 aromatic rings. The van der Waals surface area contributed by atoms with Crippen LogP contribution in [-0.4, -0.2) is 14.8 Å². The van der Waals surface area contributed by atoms with Crippen LogP contribution in [0.4, 0.5) is 0 Å². The molecule has 0 bridgehead atoms. The largest absolute Gasteiger partial charge is 0.606 e. The zero-order valence-electron chi connectivity index (χ0n) is 15.2. The lowest BCUT2D eigenvalue weighted by molar-refractivity contribution is 0.445. The van der Waals surface area contributed by atoms with Gasteiger partial charge < -0.3 is 14.8 Å². The smallest absolute Gasteiger partial charge is 0.159 e. The second kappa shape index (κ2) is 6.34. The maximum absolute atomic E-state index is 13.0. The molecular weight excluding hydrogens is 320 g/mol. The number of phenolic OH excluding ortho intramolecular Hbond substituents is 2.